The van der Waals surface area contributed by atoms with Crippen LogP contribution < -0.4 is 5.32 Å². The maximum atomic E-state index is 11.4. The normalized spacial score (nSPS) is 11.1. The molecule has 94 valence electrons. The predicted octanol–water partition coefficient (Wildman–Crippen LogP) is 3.18. The van der Waals surface area contributed by atoms with E-state index in [1.54, 1.807) is 0 Å². The Morgan fingerprint density at radius 3 is 2.65 bits per heavy atom. The molecule has 1 heterocycles. The number of hydrogen-bond donors (Lipinski definition) is 1. The highest BCUT2D eigenvalue weighted by molar-refractivity contribution is 9.10. The van der Waals surface area contributed by atoms with Crippen LogP contribution in [0.4, 0.5) is 4.79 Å². The Morgan fingerprint density at radius 2 is 2.12 bits per heavy atom. The van der Waals surface area contributed by atoms with Gasteiger partial charge in [0.25, 0.3) is 0 Å². The predicted molar refractivity (Wildman–Crippen MR) is 69.7 cm³/mol. The van der Waals surface area contributed by atoms with E-state index in [2.05, 4.69) is 26.2 Å². The molecule has 0 atom stereocenters. The molecule has 1 aromatic rings. The van der Waals surface area contributed by atoms with Crippen molar-refractivity contribution in [2.24, 2.45) is 0 Å². The van der Waals surface area contributed by atoms with Gasteiger partial charge in [-0.05, 0) is 61.3 Å². The summed E-state index contributed by atoms with van der Waals surface area (Å²) in [5.41, 5.74) is 1.41. The number of halogens is 1. The number of carbonyl (C=O) groups is 1. The number of carbonyl (C=O) groups excluding carboxylic acids is 1. The van der Waals surface area contributed by atoms with E-state index in [1.807, 2.05) is 39.8 Å². The second-order valence-corrected chi connectivity index (χ2v) is 5.61. The molecule has 0 saturated heterocycles. The molecule has 5 heteroatoms. The molecule has 1 N–H and O–H groups in total. The second kappa shape index (κ2) is 5.49. The van der Waals surface area contributed by atoms with Gasteiger partial charge >= 0.3 is 6.09 Å². The van der Waals surface area contributed by atoms with Crippen LogP contribution in [0.2, 0.25) is 0 Å². The number of pyridine rings is 1. The monoisotopic (exact) mass is 300 g/mol. The Morgan fingerprint density at radius 1 is 1.47 bits per heavy atom. The van der Waals surface area contributed by atoms with Gasteiger partial charge in [0, 0.05) is 12.2 Å². The topological polar surface area (TPSA) is 51.2 Å². The van der Waals surface area contributed by atoms with Gasteiger partial charge in [0.2, 0.25) is 0 Å². The molecule has 0 aliphatic heterocycles. The van der Waals surface area contributed by atoms with Crippen molar-refractivity contribution in [1.29, 1.82) is 0 Å². The van der Waals surface area contributed by atoms with Crippen molar-refractivity contribution in [3.8, 4) is 0 Å². The van der Waals surface area contributed by atoms with E-state index in [-0.39, 0.29) is 0 Å². The smallest absolute Gasteiger partial charge is 0.407 e. The summed E-state index contributed by atoms with van der Waals surface area (Å²) in [7, 11) is 0. The highest BCUT2D eigenvalue weighted by Crippen LogP contribution is 2.11. The summed E-state index contributed by atoms with van der Waals surface area (Å²) >= 11 is 3.31. The lowest BCUT2D eigenvalue weighted by Gasteiger charge is -2.19. The van der Waals surface area contributed by atoms with Gasteiger partial charge in [0.15, 0.2) is 0 Å². The third-order valence-corrected chi connectivity index (χ3v) is 2.22. The Kier molecular flexibility index (Phi) is 4.51. The lowest BCUT2D eigenvalue weighted by atomic mass is 10.2. The van der Waals surface area contributed by atoms with Crippen LogP contribution in [0, 0.1) is 6.92 Å². The summed E-state index contributed by atoms with van der Waals surface area (Å²) < 4.78 is 5.91. The Balaban J connectivity index is 2.53. The van der Waals surface area contributed by atoms with Crippen molar-refractivity contribution in [1.82, 2.24) is 10.3 Å². The molecule has 0 aliphatic carbocycles. The van der Waals surface area contributed by atoms with Crippen LogP contribution in [0.3, 0.4) is 0 Å². The average molecular weight is 301 g/mol. The number of nitrogens with one attached hydrogen (secondary N) is 1. The molecule has 0 unspecified atom stereocenters. The van der Waals surface area contributed by atoms with E-state index in [1.165, 1.54) is 0 Å². The first-order chi connectivity index (χ1) is 7.76. The van der Waals surface area contributed by atoms with Crippen LogP contribution in [-0.4, -0.2) is 16.7 Å². The highest BCUT2D eigenvalue weighted by Gasteiger charge is 2.15. The molecule has 0 spiro atoms. The molecule has 0 saturated carbocycles. The number of ether oxygens (including phenoxy) is 1. The first kappa shape index (κ1) is 14.0. The van der Waals surface area contributed by atoms with Crippen LogP contribution >= 0.6 is 15.9 Å². The number of rotatable bonds is 2. The molecular formula is C12H17BrN2O2. The number of alkyl carbamates (subject to hydrolysis) is 1. The fourth-order valence-electron chi connectivity index (χ4n) is 1.29. The third kappa shape index (κ3) is 5.68. The van der Waals surface area contributed by atoms with Gasteiger partial charge in [-0.3, -0.25) is 0 Å². The van der Waals surface area contributed by atoms with Gasteiger partial charge in [-0.15, -0.1) is 0 Å². The summed E-state index contributed by atoms with van der Waals surface area (Å²) in [6, 6.07) is 3.78. The fourth-order valence-corrected chi connectivity index (χ4v) is 1.86. The largest absolute Gasteiger partial charge is 0.444 e. The number of aromatic nitrogens is 1. The van der Waals surface area contributed by atoms with Gasteiger partial charge in [0.1, 0.15) is 10.2 Å². The highest BCUT2D eigenvalue weighted by atomic mass is 79.9. The number of hydrogen-bond acceptors (Lipinski definition) is 3. The summed E-state index contributed by atoms with van der Waals surface area (Å²) in [5, 5.41) is 2.70. The van der Waals surface area contributed by atoms with Gasteiger partial charge in [-0.25, -0.2) is 9.78 Å². The van der Waals surface area contributed by atoms with E-state index in [9.17, 15) is 4.79 Å². The van der Waals surface area contributed by atoms with Gasteiger partial charge < -0.3 is 10.1 Å². The summed E-state index contributed by atoms with van der Waals surface area (Å²) in [5.74, 6) is 0. The first-order valence-electron chi connectivity index (χ1n) is 5.36. The molecule has 1 rings (SSSR count). The SMILES string of the molecule is Cc1cc(CNC(=O)OC(C)(C)C)cc(Br)n1. The zero-order valence-electron chi connectivity index (χ0n) is 10.5. The summed E-state index contributed by atoms with van der Waals surface area (Å²) in [6.07, 6.45) is -0.414. The van der Waals surface area contributed by atoms with Crippen molar-refractivity contribution in [3.63, 3.8) is 0 Å². The number of amides is 1. The van der Waals surface area contributed by atoms with Crippen molar-refractivity contribution in [3.05, 3.63) is 28.0 Å². The van der Waals surface area contributed by atoms with Crippen molar-refractivity contribution >= 4 is 22.0 Å². The minimum absolute atomic E-state index is 0.414. The van der Waals surface area contributed by atoms with Crippen LogP contribution in [0.25, 0.3) is 0 Å². The molecule has 0 fully saturated rings. The molecule has 4 nitrogen and oxygen atoms in total. The molecule has 0 aliphatic rings. The molecular weight excluding hydrogens is 284 g/mol. The van der Waals surface area contributed by atoms with E-state index < -0.39 is 11.7 Å². The molecule has 17 heavy (non-hydrogen) atoms. The average Bonchev–Trinajstić information content (AvgIpc) is 2.10. The summed E-state index contributed by atoms with van der Waals surface area (Å²) in [6.45, 7) is 7.83. The van der Waals surface area contributed by atoms with Gasteiger partial charge in [-0.2, -0.15) is 0 Å². The van der Waals surface area contributed by atoms with Crippen molar-refractivity contribution < 1.29 is 9.53 Å². The van der Waals surface area contributed by atoms with Crippen LogP contribution in [0.5, 0.6) is 0 Å². The zero-order chi connectivity index (χ0) is 13.1. The fraction of sp³-hybridized carbons (Fsp3) is 0.500. The molecule has 0 radical (unpaired) electrons. The van der Waals surface area contributed by atoms with Crippen LogP contribution in [-0.2, 0) is 11.3 Å². The van der Waals surface area contributed by atoms with E-state index >= 15 is 0 Å². The maximum absolute atomic E-state index is 11.4. The number of nitrogens with zero attached hydrogens (tertiary/aromatic N) is 1. The third-order valence-electron chi connectivity index (χ3n) is 1.82. The molecule has 0 bridgehead atoms. The second-order valence-electron chi connectivity index (χ2n) is 4.79. The summed E-state index contributed by atoms with van der Waals surface area (Å²) in [4.78, 5) is 15.6. The van der Waals surface area contributed by atoms with Gasteiger partial charge in [-0.1, -0.05) is 0 Å². The van der Waals surface area contributed by atoms with E-state index in [0.29, 0.717) is 6.54 Å². The minimum atomic E-state index is -0.473. The van der Waals surface area contributed by atoms with Crippen molar-refractivity contribution in [2.75, 3.05) is 0 Å². The maximum Gasteiger partial charge on any atom is 0.407 e. The standard InChI is InChI=1S/C12H17BrN2O2/c1-8-5-9(6-10(13)15-8)7-14-11(16)17-12(2,3)4/h5-6H,7H2,1-4H3,(H,14,16). The van der Waals surface area contributed by atoms with Crippen LogP contribution in [0.1, 0.15) is 32.0 Å². The van der Waals surface area contributed by atoms with Crippen LogP contribution in [0.15, 0.2) is 16.7 Å². The Labute approximate surface area is 110 Å². The van der Waals surface area contributed by atoms with Crippen molar-refractivity contribution in [2.45, 2.75) is 39.8 Å². The minimum Gasteiger partial charge on any atom is -0.444 e. The van der Waals surface area contributed by atoms with Gasteiger partial charge in [0.05, 0.1) is 0 Å². The number of aryl methyl sites for hydroxylation is 1. The van der Waals surface area contributed by atoms with E-state index in [0.717, 1.165) is 15.9 Å². The molecule has 1 amide bonds. The zero-order valence-corrected chi connectivity index (χ0v) is 12.1. The quantitative estimate of drug-likeness (QED) is 0.854. The molecule has 0 aromatic carbocycles. The Bertz CT molecular complexity index is 393. The van der Waals surface area contributed by atoms with E-state index in [4.69, 9.17) is 4.74 Å². The first-order valence-corrected chi connectivity index (χ1v) is 6.15. The molecule has 1 aromatic heterocycles. The lowest BCUT2D eigenvalue weighted by Crippen LogP contribution is -2.32. The lowest BCUT2D eigenvalue weighted by molar-refractivity contribution is 0.0523. The Hall–Kier alpha value is -1.10.